The molecule has 2 amide bonds. The third-order valence-electron chi connectivity index (χ3n) is 5.84. The van der Waals surface area contributed by atoms with E-state index < -0.39 is 23.7 Å². The van der Waals surface area contributed by atoms with Gasteiger partial charge >= 0.3 is 12.1 Å². The minimum atomic E-state index is -1.88. The second-order valence-corrected chi connectivity index (χ2v) is 8.16. The highest BCUT2D eigenvalue weighted by molar-refractivity contribution is 5.85. The lowest BCUT2D eigenvalue weighted by Crippen LogP contribution is -2.67. The zero-order valence-electron chi connectivity index (χ0n) is 17.1. The Bertz CT molecular complexity index is 985. The minimum absolute atomic E-state index is 0.0140. The first-order valence-electron chi connectivity index (χ1n) is 10.1. The van der Waals surface area contributed by atoms with Crippen molar-refractivity contribution < 1.29 is 29.3 Å². The molecular formula is C23H24N2O6. The zero-order chi connectivity index (χ0) is 22.2. The largest absolute Gasteiger partial charge is 0.479 e. The Balaban J connectivity index is 1.29. The smallest absolute Gasteiger partial charge is 0.407 e. The van der Waals surface area contributed by atoms with Gasteiger partial charge in [0.25, 0.3) is 0 Å². The molecule has 1 aliphatic heterocycles. The molecule has 0 saturated carbocycles. The number of hydrogen-bond acceptors (Lipinski definition) is 5. The van der Waals surface area contributed by atoms with E-state index >= 15 is 0 Å². The first-order valence-corrected chi connectivity index (χ1v) is 10.1. The van der Waals surface area contributed by atoms with Crippen LogP contribution in [0.5, 0.6) is 0 Å². The average molecular weight is 424 g/mol. The van der Waals surface area contributed by atoms with Crippen LogP contribution >= 0.6 is 0 Å². The van der Waals surface area contributed by atoms with E-state index in [0.717, 1.165) is 22.3 Å². The first-order chi connectivity index (χ1) is 14.8. The van der Waals surface area contributed by atoms with Gasteiger partial charge in [-0.1, -0.05) is 48.5 Å². The van der Waals surface area contributed by atoms with E-state index in [0.29, 0.717) is 0 Å². The molecule has 0 spiro atoms. The van der Waals surface area contributed by atoms with Crippen LogP contribution in [-0.4, -0.2) is 64.4 Å². The zero-order valence-corrected chi connectivity index (χ0v) is 17.1. The van der Waals surface area contributed by atoms with Crippen LogP contribution in [0.2, 0.25) is 0 Å². The molecule has 1 atom stereocenters. The Kier molecular flexibility index (Phi) is 5.41. The molecule has 0 aromatic heterocycles. The number of carboxylic acids is 1. The van der Waals surface area contributed by atoms with Crippen molar-refractivity contribution >= 4 is 18.0 Å². The highest BCUT2D eigenvalue weighted by Crippen LogP contribution is 2.44. The summed E-state index contributed by atoms with van der Waals surface area (Å²) in [7, 11) is 0. The molecule has 2 aromatic rings. The van der Waals surface area contributed by atoms with E-state index in [9.17, 15) is 19.5 Å². The van der Waals surface area contributed by atoms with Gasteiger partial charge in [0.15, 0.2) is 5.60 Å². The Hall–Kier alpha value is -3.39. The molecule has 1 aliphatic carbocycles. The van der Waals surface area contributed by atoms with Gasteiger partial charge in [0, 0.05) is 18.4 Å². The maximum atomic E-state index is 12.3. The molecule has 1 fully saturated rings. The van der Waals surface area contributed by atoms with Gasteiger partial charge in [0.1, 0.15) is 6.61 Å². The van der Waals surface area contributed by atoms with Crippen LogP contribution in [0.4, 0.5) is 4.79 Å². The first kappa shape index (κ1) is 20.9. The van der Waals surface area contributed by atoms with Crippen LogP contribution in [0.3, 0.4) is 0 Å². The van der Waals surface area contributed by atoms with Crippen molar-refractivity contribution in [3.63, 3.8) is 0 Å². The number of likely N-dealkylation sites (tertiary alicyclic amines) is 1. The van der Waals surface area contributed by atoms with Crippen LogP contribution < -0.4 is 5.32 Å². The summed E-state index contributed by atoms with van der Waals surface area (Å²) in [5.41, 5.74) is 2.63. The highest BCUT2D eigenvalue weighted by Gasteiger charge is 2.50. The van der Waals surface area contributed by atoms with Gasteiger partial charge in [-0.3, -0.25) is 4.79 Å². The van der Waals surface area contributed by atoms with E-state index in [1.54, 1.807) is 6.92 Å². The number of hydrogen-bond donors (Lipinski definition) is 3. The number of carboxylic acid groups (broad SMARTS) is 1. The second kappa shape index (κ2) is 8.03. The van der Waals surface area contributed by atoms with Crippen molar-refractivity contribution in [2.75, 3.05) is 19.7 Å². The third-order valence-corrected chi connectivity index (χ3v) is 5.84. The summed E-state index contributed by atoms with van der Waals surface area (Å²) in [6.45, 7) is 1.35. The number of nitrogens with one attached hydrogen (secondary N) is 1. The highest BCUT2D eigenvalue weighted by atomic mass is 16.5. The number of aliphatic hydroxyl groups is 1. The van der Waals surface area contributed by atoms with Crippen LogP contribution in [-0.2, 0) is 14.3 Å². The normalized spacial score (nSPS) is 17.2. The molecule has 1 heterocycles. The summed E-state index contributed by atoms with van der Waals surface area (Å²) in [5.74, 6) is -1.73. The van der Waals surface area contributed by atoms with E-state index in [4.69, 9.17) is 9.84 Å². The fraction of sp³-hybridized carbons (Fsp3) is 0.348. The van der Waals surface area contributed by atoms with Gasteiger partial charge in [0.2, 0.25) is 5.91 Å². The van der Waals surface area contributed by atoms with Crippen molar-refractivity contribution in [3.05, 3.63) is 59.7 Å². The summed E-state index contributed by atoms with van der Waals surface area (Å²) >= 11 is 0. The lowest BCUT2D eigenvalue weighted by Gasteiger charge is -2.43. The van der Waals surface area contributed by atoms with Crippen molar-refractivity contribution in [2.24, 2.45) is 0 Å². The quantitative estimate of drug-likeness (QED) is 0.653. The predicted molar refractivity (Wildman–Crippen MR) is 111 cm³/mol. The number of amides is 2. The molecule has 3 N–H and O–H groups in total. The van der Waals surface area contributed by atoms with Crippen LogP contribution in [0.25, 0.3) is 11.1 Å². The molecule has 4 rings (SSSR count). The minimum Gasteiger partial charge on any atom is -0.479 e. The van der Waals surface area contributed by atoms with E-state index in [1.807, 2.05) is 36.4 Å². The van der Waals surface area contributed by atoms with Gasteiger partial charge < -0.3 is 25.2 Å². The molecule has 2 aliphatic rings. The van der Waals surface area contributed by atoms with Gasteiger partial charge in [-0.25, -0.2) is 9.59 Å². The third kappa shape index (κ3) is 3.98. The molecule has 0 radical (unpaired) electrons. The SMILES string of the molecule is C[C@H](CC(=O)N1CC(O)(C(=O)O)C1)NC(=O)OCC1c2ccccc2-c2ccccc21. The van der Waals surface area contributed by atoms with Gasteiger partial charge in [-0.15, -0.1) is 0 Å². The molecule has 8 heteroatoms. The predicted octanol–water partition coefficient (Wildman–Crippen LogP) is 1.96. The molecule has 31 heavy (non-hydrogen) atoms. The maximum Gasteiger partial charge on any atom is 0.407 e. The molecule has 2 aromatic carbocycles. The molecular weight excluding hydrogens is 400 g/mol. The molecule has 1 saturated heterocycles. The van der Waals surface area contributed by atoms with E-state index in [2.05, 4.69) is 17.4 Å². The van der Waals surface area contributed by atoms with Crippen LogP contribution in [0, 0.1) is 0 Å². The number of benzene rings is 2. The van der Waals surface area contributed by atoms with Crippen LogP contribution in [0.15, 0.2) is 48.5 Å². The molecule has 0 unspecified atom stereocenters. The maximum absolute atomic E-state index is 12.3. The number of carbonyl (C=O) groups is 3. The second-order valence-electron chi connectivity index (χ2n) is 8.16. The van der Waals surface area contributed by atoms with Crippen molar-refractivity contribution in [1.29, 1.82) is 0 Å². The molecule has 0 bridgehead atoms. The van der Waals surface area contributed by atoms with E-state index in [-0.39, 0.29) is 37.9 Å². The summed E-state index contributed by atoms with van der Waals surface area (Å²) in [6.07, 6.45) is -0.632. The van der Waals surface area contributed by atoms with E-state index in [1.165, 1.54) is 4.90 Å². The van der Waals surface area contributed by atoms with Crippen molar-refractivity contribution in [1.82, 2.24) is 10.2 Å². The van der Waals surface area contributed by atoms with Gasteiger partial charge in [-0.2, -0.15) is 0 Å². The lowest BCUT2D eigenvalue weighted by molar-refractivity contribution is -0.182. The Morgan fingerprint density at radius 3 is 2.19 bits per heavy atom. The van der Waals surface area contributed by atoms with Gasteiger partial charge in [0.05, 0.1) is 13.1 Å². The summed E-state index contributed by atoms with van der Waals surface area (Å²) < 4.78 is 5.46. The monoisotopic (exact) mass is 424 g/mol. The van der Waals surface area contributed by atoms with Crippen LogP contribution in [0.1, 0.15) is 30.4 Å². The number of rotatable bonds is 6. The molecule has 8 nitrogen and oxygen atoms in total. The number of aliphatic carboxylic acids is 1. The Morgan fingerprint density at radius 2 is 1.65 bits per heavy atom. The number of nitrogens with zero attached hydrogens (tertiary/aromatic N) is 1. The fourth-order valence-corrected chi connectivity index (χ4v) is 4.18. The van der Waals surface area contributed by atoms with Gasteiger partial charge in [-0.05, 0) is 29.2 Å². The number of ether oxygens (including phenoxy) is 1. The lowest BCUT2D eigenvalue weighted by atomic mass is 9.94. The topological polar surface area (TPSA) is 116 Å². The number of fused-ring (bicyclic) bond motifs is 3. The number of carbonyl (C=O) groups excluding carboxylic acids is 2. The Morgan fingerprint density at radius 1 is 1.10 bits per heavy atom. The molecule has 162 valence electrons. The fourth-order valence-electron chi connectivity index (χ4n) is 4.18. The Labute approximate surface area is 179 Å². The average Bonchev–Trinajstić information content (AvgIpc) is 3.03. The number of β-amino-alcohol motifs (C(OH)–C–C–N with tert-alkyl or cyclic N) is 1. The summed E-state index contributed by atoms with van der Waals surface area (Å²) in [5, 5.41) is 21.3. The summed E-state index contributed by atoms with van der Waals surface area (Å²) in [6, 6.07) is 15.6. The summed E-state index contributed by atoms with van der Waals surface area (Å²) in [4.78, 5) is 36.7. The van der Waals surface area contributed by atoms with Crippen molar-refractivity contribution in [2.45, 2.75) is 30.9 Å². The van der Waals surface area contributed by atoms with Crippen molar-refractivity contribution in [3.8, 4) is 11.1 Å². The number of alkyl carbamates (subject to hydrolysis) is 1. The standard InChI is InChI=1S/C23H24N2O6/c1-14(10-20(26)25-12-23(30,13-25)21(27)28)24-22(29)31-11-19-17-8-4-2-6-15(17)16-7-3-5-9-18(16)19/h2-9,14,19,30H,10-13H2,1H3,(H,24,29)(H,27,28)/t14-/m1/s1.